The number of nitrogens with zero attached hydrogens (tertiary/aromatic N) is 3. The van der Waals surface area contributed by atoms with Gasteiger partial charge in [0.2, 0.25) is 6.79 Å². The Balaban J connectivity index is 1.74. The van der Waals surface area contributed by atoms with E-state index in [9.17, 15) is 19.2 Å². The monoisotopic (exact) mass is 515 g/mol. The van der Waals surface area contributed by atoms with Crippen molar-refractivity contribution in [2.45, 2.75) is 11.4 Å². The molecule has 16 heteroatoms. The van der Waals surface area contributed by atoms with Gasteiger partial charge in [-0.3, -0.25) is 14.5 Å². The molecule has 3 rings (SSSR count). The van der Waals surface area contributed by atoms with Gasteiger partial charge in [-0.25, -0.2) is 14.6 Å². The van der Waals surface area contributed by atoms with Crippen molar-refractivity contribution in [3.8, 4) is 0 Å². The largest absolute Gasteiger partial charge is 0.510 e. The molecule has 1 fully saturated rings. The van der Waals surface area contributed by atoms with E-state index in [1.54, 1.807) is 0 Å². The Morgan fingerprint density at radius 2 is 2.06 bits per heavy atom. The maximum absolute atomic E-state index is 13.0. The van der Waals surface area contributed by atoms with E-state index in [0.29, 0.717) is 11.3 Å². The fourth-order valence-corrected chi connectivity index (χ4v) is 4.99. The molecule has 0 saturated carbocycles. The first-order chi connectivity index (χ1) is 16.3. The van der Waals surface area contributed by atoms with Crippen molar-refractivity contribution in [1.82, 2.24) is 15.2 Å². The number of thioether (sulfide) groups is 1. The Morgan fingerprint density at radius 1 is 1.29 bits per heavy atom. The zero-order chi connectivity index (χ0) is 24.8. The molecule has 184 valence electrons. The third kappa shape index (κ3) is 5.23. The van der Waals surface area contributed by atoms with Gasteiger partial charge in [-0.1, -0.05) is 5.16 Å². The summed E-state index contributed by atoms with van der Waals surface area (Å²) in [7, 11) is 3.81. The second-order valence-electron chi connectivity index (χ2n) is 6.59. The van der Waals surface area contributed by atoms with Gasteiger partial charge >= 0.3 is 12.1 Å². The molecule has 1 saturated heterocycles. The van der Waals surface area contributed by atoms with Crippen molar-refractivity contribution in [2.75, 3.05) is 46.2 Å². The number of nitrogen functional groups attached to an aromatic ring is 1. The number of carbonyl (C=O) groups excluding carboxylic acids is 4. The van der Waals surface area contributed by atoms with Gasteiger partial charge in [0.05, 0.1) is 13.7 Å². The topological polar surface area (TPSA) is 181 Å². The van der Waals surface area contributed by atoms with Crippen molar-refractivity contribution >= 4 is 57.9 Å². The molecule has 2 amide bonds. The number of nitrogens with two attached hydrogens (primary N) is 1. The molecule has 0 aromatic carbocycles. The van der Waals surface area contributed by atoms with Gasteiger partial charge in [0.1, 0.15) is 29.9 Å². The summed E-state index contributed by atoms with van der Waals surface area (Å²) in [4.78, 5) is 59.5. The van der Waals surface area contributed by atoms with Gasteiger partial charge in [-0.15, -0.1) is 23.1 Å². The number of nitrogens with one attached hydrogen (secondary N) is 1. The van der Waals surface area contributed by atoms with E-state index >= 15 is 0 Å². The summed E-state index contributed by atoms with van der Waals surface area (Å²) in [5, 5.41) is 7.46. The summed E-state index contributed by atoms with van der Waals surface area (Å²) in [6, 6.07) is -0.950. The number of fused-ring (bicyclic) bond motifs is 1. The average Bonchev–Trinajstić information content (AvgIpc) is 3.26. The molecule has 2 atom stereocenters. The van der Waals surface area contributed by atoms with Crippen LogP contribution < -0.4 is 11.1 Å². The molecule has 2 aliphatic rings. The zero-order valence-electron chi connectivity index (χ0n) is 18.3. The number of thiazole rings is 1. The van der Waals surface area contributed by atoms with Gasteiger partial charge in [0.25, 0.3) is 11.8 Å². The van der Waals surface area contributed by atoms with E-state index in [1.165, 1.54) is 36.3 Å². The molecular weight excluding hydrogens is 494 g/mol. The van der Waals surface area contributed by atoms with Crippen LogP contribution in [0.3, 0.4) is 0 Å². The number of hydrogen-bond donors (Lipinski definition) is 2. The Kier molecular flexibility index (Phi) is 8.30. The fraction of sp³-hybridized carbons (Fsp3) is 0.444. The summed E-state index contributed by atoms with van der Waals surface area (Å²) in [6.45, 7) is -0.637. The van der Waals surface area contributed by atoms with E-state index in [-0.39, 0.29) is 28.8 Å². The maximum atomic E-state index is 13.0. The van der Waals surface area contributed by atoms with E-state index in [4.69, 9.17) is 20.0 Å². The standard InChI is InChI=1S/C18H21N5O9S2/c1-28-4-8-5-33-15-11(21-13(24)10(22-30-3)9-6-34-17(19)20-9)14(25)23(15)12(8)16(26)31-7-32-18(27)29-2/h6,11,15H,4-5,7H2,1-3H3,(H2,19,20)(H,21,24)/b22-10-/t11-,15-/m1/s1. The van der Waals surface area contributed by atoms with Gasteiger partial charge in [0.15, 0.2) is 10.8 Å². The van der Waals surface area contributed by atoms with Gasteiger partial charge in [-0.2, -0.15) is 0 Å². The normalized spacial score (nSPS) is 19.7. The molecule has 0 bridgehead atoms. The highest BCUT2D eigenvalue weighted by atomic mass is 32.2. The number of esters is 1. The maximum Gasteiger partial charge on any atom is 0.510 e. The minimum atomic E-state index is -1.03. The Hall–Kier alpha value is -3.37. The number of rotatable bonds is 9. The first-order valence-electron chi connectivity index (χ1n) is 9.49. The Morgan fingerprint density at radius 3 is 2.68 bits per heavy atom. The summed E-state index contributed by atoms with van der Waals surface area (Å²) in [5.41, 5.74) is 6.13. The predicted octanol–water partition coefficient (Wildman–Crippen LogP) is -0.340. The minimum Gasteiger partial charge on any atom is -0.438 e. The van der Waals surface area contributed by atoms with Crippen molar-refractivity contribution in [2.24, 2.45) is 5.16 Å². The number of oxime groups is 1. The molecule has 2 aliphatic heterocycles. The minimum absolute atomic E-state index is 0.0346. The lowest BCUT2D eigenvalue weighted by Gasteiger charge is -2.49. The highest BCUT2D eigenvalue weighted by Gasteiger charge is 2.54. The predicted molar refractivity (Wildman–Crippen MR) is 118 cm³/mol. The number of carbonyl (C=O) groups is 4. The quantitative estimate of drug-likeness (QED) is 0.144. The van der Waals surface area contributed by atoms with Crippen LogP contribution in [0.1, 0.15) is 5.69 Å². The second kappa shape index (κ2) is 11.2. The molecule has 34 heavy (non-hydrogen) atoms. The second-order valence-corrected chi connectivity index (χ2v) is 8.58. The van der Waals surface area contributed by atoms with Crippen LogP contribution in [0.2, 0.25) is 0 Å². The Labute approximate surface area is 201 Å². The lowest BCUT2D eigenvalue weighted by molar-refractivity contribution is -0.157. The molecular formula is C18H21N5O9S2. The van der Waals surface area contributed by atoms with Crippen LogP contribution in [-0.4, -0.2) is 91.4 Å². The van der Waals surface area contributed by atoms with Gasteiger partial charge in [0, 0.05) is 18.2 Å². The van der Waals surface area contributed by atoms with Crippen LogP contribution in [0.5, 0.6) is 0 Å². The molecule has 0 aliphatic carbocycles. The van der Waals surface area contributed by atoms with Crippen molar-refractivity contribution in [3.05, 3.63) is 22.3 Å². The summed E-state index contributed by atoms with van der Waals surface area (Å²) < 4.78 is 18.9. The summed E-state index contributed by atoms with van der Waals surface area (Å²) in [5.74, 6) is -1.81. The number of methoxy groups -OCH3 is 2. The van der Waals surface area contributed by atoms with Crippen LogP contribution in [0.4, 0.5) is 9.93 Å². The van der Waals surface area contributed by atoms with Crippen molar-refractivity contribution in [3.63, 3.8) is 0 Å². The zero-order valence-corrected chi connectivity index (χ0v) is 19.9. The number of amides is 2. The van der Waals surface area contributed by atoms with Crippen LogP contribution >= 0.6 is 23.1 Å². The first kappa shape index (κ1) is 25.3. The third-order valence-corrected chi connectivity index (χ3v) is 6.55. The molecule has 0 radical (unpaired) electrons. The van der Waals surface area contributed by atoms with Crippen LogP contribution in [0.25, 0.3) is 0 Å². The van der Waals surface area contributed by atoms with Crippen molar-refractivity contribution in [1.29, 1.82) is 0 Å². The lowest BCUT2D eigenvalue weighted by Crippen LogP contribution is -2.71. The summed E-state index contributed by atoms with van der Waals surface area (Å²) >= 11 is 2.44. The fourth-order valence-electron chi connectivity index (χ4n) is 3.12. The highest BCUT2D eigenvalue weighted by Crippen LogP contribution is 2.40. The molecule has 0 unspecified atom stereocenters. The van der Waals surface area contributed by atoms with E-state index in [2.05, 4.69) is 24.9 Å². The molecule has 14 nitrogen and oxygen atoms in total. The van der Waals surface area contributed by atoms with E-state index < -0.39 is 42.1 Å². The van der Waals surface area contributed by atoms with Crippen LogP contribution in [0, 0.1) is 0 Å². The highest BCUT2D eigenvalue weighted by molar-refractivity contribution is 8.00. The van der Waals surface area contributed by atoms with E-state index in [1.807, 2.05) is 0 Å². The Bertz CT molecular complexity index is 1040. The van der Waals surface area contributed by atoms with E-state index in [0.717, 1.165) is 18.4 Å². The molecule has 3 heterocycles. The van der Waals surface area contributed by atoms with Gasteiger partial charge in [-0.05, 0) is 5.57 Å². The number of hydrogen-bond acceptors (Lipinski definition) is 14. The molecule has 0 spiro atoms. The van der Waals surface area contributed by atoms with Crippen LogP contribution in [0.15, 0.2) is 21.8 Å². The first-order valence-corrected chi connectivity index (χ1v) is 11.4. The average molecular weight is 516 g/mol. The number of ether oxygens (including phenoxy) is 4. The molecule has 1 aromatic heterocycles. The van der Waals surface area contributed by atoms with Crippen LogP contribution in [-0.2, 0) is 38.2 Å². The number of anilines is 1. The third-order valence-electron chi connectivity index (χ3n) is 4.54. The smallest absolute Gasteiger partial charge is 0.438 e. The SMILES string of the molecule is COCC1=C(C(=O)OCOC(=O)OC)N2C(=O)[C@@H](NC(=O)/C(=N\OC)c3csc(N)n3)[C@H]2SC1. The summed E-state index contributed by atoms with van der Waals surface area (Å²) in [6.07, 6.45) is -1.03. The molecule has 1 aromatic rings. The lowest BCUT2D eigenvalue weighted by atomic mass is 10.0. The number of β-lactam (4-membered cyclic amide) rings is 1. The van der Waals surface area contributed by atoms with Crippen molar-refractivity contribution < 1.29 is 43.0 Å². The number of aromatic nitrogens is 1. The van der Waals surface area contributed by atoms with Gasteiger partial charge < -0.3 is 34.8 Å². The molecule has 3 N–H and O–H groups in total.